The number of nitrogens with one attached hydrogen (secondary N) is 2. The van der Waals surface area contributed by atoms with Crippen molar-refractivity contribution in [3.63, 3.8) is 0 Å². The molecule has 0 radical (unpaired) electrons. The zero-order valence-electron chi connectivity index (χ0n) is 12.5. The lowest BCUT2D eigenvalue weighted by molar-refractivity contribution is 0.0879. The molecule has 0 saturated carbocycles. The maximum absolute atomic E-state index is 12.4. The Morgan fingerprint density at radius 2 is 1.57 bits per heavy atom. The van der Waals surface area contributed by atoms with Crippen LogP contribution in [0.5, 0.6) is 0 Å². The summed E-state index contributed by atoms with van der Waals surface area (Å²) in [6.07, 6.45) is 0. The third kappa shape index (κ3) is 2.70. The van der Waals surface area contributed by atoms with E-state index >= 15 is 0 Å². The Kier molecular flexibility index (Phi) is 3.45. The topological polar surface area (TPSA) is 92.3 Å². The summed E-state index contributed by atoms with van der Waals surface area (Å²) in [5.41, 5.74) is 2.50. The SMILES string of the molecule is Cc1ccc(S(=O)(=O)Nc2ccc3c(c2)C(=O)NC3=O)cc1C. The van der Waals surface area contributed by atoms with Crippen LogP contribution in [0.4, 0.5) is 5.69 Å². The molecule has 0 unspecified atom stereocenters. The van der Waals surface area contributed by atoms with E-state index in [0.29, 0.717) is 0 Å². The number of imide groups is 1. The lowest BCUT2D eigenvalue weighted by atomic mass is 10.1. The summed E-state index contributed by atoms with van der Waals surface area (Å²) in [7, 11) is -3.77. The summed E-state index contributed by atoms with van der Waals surface area (Å²) in [6, 6.07) is 9.08. The minimum absolute atomic E-state index is 0.140. The van der Waals surface area contributed by atoms with E-state index in [9.17, 15) is 18.0 Å². The fourth-order valence-corrected chi connectivity index (χ4v) is 3.46. The molecule has 2 aromatic carbocycles. The van der Waals surface area contributed by atoms with E-state index in [0.717, 1.165) is 11.1 Å². The van der Waals surface area contributed by atoms with Crippen LogP contribution >= 0.6 is 0 Å². The van der Waals surface area contributed by atoms with Crippen molar-refractivity contribution in [1.29, 1.82) is 0 Å². The molecule has 23 heavy (non-hydrogen) atoms. The Morgan fingerprint density at radius 1 is 0.870 bits per heavy atom. The molecule has 1 aliphatic heterocycles. The van der Waals surface area contributed by atoms with E-state index in [-0.39, 0.29) is 21.7 Å². The summed E-state index contributed by atoms with van der Waals surface area (Å²) < 4.78 is 27.3. The second-order valence-corrected chi connectivity index (χ2v) is 7.08. The average Bonchev–Trinajstić information content (AvgIpc) is 2.76. The average molecular weight is 330 g/mol. The quantitative estimate of drug-likeness (QED) is 0.842. The second-order valence-electron chi connectivity index (χ2n) is 5.40. The van der Waals surface area contributed by atoms with Gasteiger partial charge in [-0.25, -0.2) is 8.42 Å². The summed E-state index contributed by atoms with van der Waals surface area (Å²) in [4.78, 5) is 23.3. The van der Waals surface area contributed by atoms with Crippen molar-refractivity contribution in [2.24, 2.45) is 0 Å². The van der Waals surface area contributed by atoms with Gasteiger partial charge in [-0.05, 0) is 55.3 Å². The molecular weight excluding hydrogens is 316 g/mol. The molecule has 1 heterocycles. The van der Waals surface area contributed by atoms with Crippen LogP contribution in [-0.2, 0) is 10.0 Å². The molecule has 1 aliphatic rings. The number of carbonyl (C=O) groups is 2. The van der Waals surface area contributed by atoms with E-state index in [1.54, 1.807) is 12.1 Å². The molecule has 0 fully saturated rings. The van der Waals surface area contributed by atoms with Crippen LogP contribution in [0.3, 0.4) is 0 Å². The van der Waals surface area contributed by atoms with Crippen LogP contribution in [0, 0.1) is 13.8 Å². The highest BCUT2D eigenvalue weighted by Crippen LogP contribution is 2.23. The fraction of sp³-hybridized carbons (Fsp3) is 0.125. The van der Waals surface area contributed by atoms with Crippen LogP contribution in [-0.4, -0.2) is 20.2 Å². The maximum Gasteiger partial charge on any atom is 0.261 e. The second kappa shape index (κ2) is 5.20. The molecule has 0 atom stereocenters. The van der Waals surface area contributed by atoms with Gasteiger partial charge in [-0.3, -0.25) is 19.6 Å². The lowest BCUT2D eigenvalue weighted by Crippen LogP contribution is -2.19. The number of amides is 2. The van der Waals surface area contributed by atoms with Crippen molar-refractivity contribution in [3.05, 3.63) is 58.7 Å². The van der Waals surface area contributed by atoms with Crippen LogP contribution in [0.2, 0.25) is 0 Å². The molecule has 2 amide bonds. The van der Waals surface area contributed by atoms with Gasteiger partial charge in [0.2, 0.25) is 0 Å². The van der Waals surface area contributed by atoms with Gasteiger partial charge in [-0.2, -0.15) is 0 Å². The van der Waals surface area contributed by atoms with Gasteiger partial charge < -0.3 is 0 Å². The number of anilines is 1. The van der Waals surface area contributed by atoms with Crippen molar-refractivity contribution in [1.82, 2.24) is 5.32 Å². The normalized spacial score (nSPS) is 13.7. The number of carbonyl (C=O) groups excluding carboxylic acids is 2. The highest BCUT2D eigenvalue weighted by atomic mass is 32.2. The first-order valence-electron chi connectivity index (χ1n) is 6.88. The van der Waals surface area contributed by atoms with Gasteiger partial charge in [0.1, 0.15) is 0 Å². The Hall–Kier alpha value is -2.67. The minimum Gasteiger partial charge on any atom is -0.288 e. The Bertz CT molecular complexity index is 949. The van der Waals surface area contributed by atoms with Crippen LogP contribution in [0.15, 0.2) is 41.3 Å². The number of aryl methyl sites for hydroxylation is 2. The van der Waals surface area contributed by atoms with Crippen molar-refractivity contribution >= 4 is 27.5 Å². The largest absolute Gasteiger partial charge is 0.288 e. The molecule has 0 aliphatic carbocycles. The van der Waals surface area contributed by atoms with Gasteiger partial charge in [0.25, 0.3) is 21.8 Å². The molecule has 0 saturated heterocycles. The van der Waals surface area contributed by atoms with Crippen molar-refractivity contribution in [3.8, 4) is 0 Å². The standard InChI is InChI=1S/C16H14N2O4S/c1-9-3-5-12(7-10(9)2)23(21,22)18-11-4-6-13-14(8-11)16(20)17-15(13)19/h3-8,18H,1-2H3,(H,17,19,20). The number of hydrogen-bond donors (Lipinski definition) is 2. The molecular formula is C16H14N2O4S. The molecule has 2 aromatic rings. The highest BCUT2D eigenvalue weighted by Gasteiger charge is 2.27. The van der Waals surface area contributed by atoms with Gasteiger partial charge in [0.05, 0.1) is 16.0 Å². The lowest BCUT2D eigenvalue weighted by Gasteiger charge is -2.10. The first-order chi connectivity index (χ1) is 10.8. The maximum atomic E-state index is 12.4. The number of hydrogen-bond acceptors (Lipinski definition) is 4. The first-order valence-corrected chi connectivity index (χ1v) is 8.36. The zero-order chi connectivity index (χ0) is 16.8. The molecule has 0 aromatic heterocycles. The number of rotatable bonds is 3. The highest BCUT2D eigenvalue weighted by molar-refractivity contribution is 7.92. The number of sulfonamides is 1. The van der Waals surface area contributed by atoms with Gasteiger partial charge in [0.15, 0.2) is 0 Å². The summed E-state index contributed by atoms with van der Waals surface area (Å²) in [5.74, 6) is -1.01. The summed E-state index contributed by atoms with van der Waals surface area (Å²) in [5, 5.41) is 2.16. The number of benzene rings is 2. The zero-order valence-corrected chi connectivity index (χ0v) is 13.3. The van der Waals surface area contributed by atoms with Gasteiger partial charge in [-0.15, -0.1) is 0 Å². The Morgan fingerprint density at radius 3 is 2.26 bits per heavy atom. The van der Waals surface area contributed by atoms with E-state index in [2.05, 4.69) is 10.0 Å². The molecule has 118 valence electrons. The van der Waals surface area contributed by atoms with Crippen LogP contribution < -0.4 is 10.0 Å². The van der Waals surface area contributed by atoms with Gasteiger partial charge in [0, 0.05) is 5.69 Å². The fourth-order valence-electron chi connectivity index (χ4n) is 2.33. The molecule has 0 bridgehead atoms. The van der Waals surface area contributed by atoms with Crippen LogP contribution in [0.1, 0.15) is 31.8 Å². The van der Waals surface area contributed by atoms with E-state index < -0.39 is 21.8 Å². The summed E-state index contributed by atoms with van der Waals surface area (Å²) >= 11 is 0. The predicted molar refractivity (Wildman–Crippen MR) is 85.0 cm³/mol. The Balaban J connectivity index is 1.95. The van der Waals surface area contributed by atoms with E-state index in [1.807, 2.05) is 13.8 Å². The first kappa shape index (κ1) is 15.2. The van der Waals surface area contributed by atoms with Gasteiger partial charge >= 0.3 is 0 Å². The molecule has 7 heteroatoms. The molecule has 3 rings (SSSR count). The number of fused-ring (bicyclic) bond motifs is 1. The van der Waals surface area contributed by atoms with Crippen molar-refractivity contribution in [2.45, 2.75) is 18.7 Å². The van der Waals surface area contributed by atoms with Crippen molar-refractivity contribution in [2.75, 3.05) is 4.72 Å². The van der Waals surface area contributed by atoms with Gasteiger partial charge in [-0.1, -0.05) is 6.07 Å². The Labute approximate surface area is 133 Å². The molecule has 2 N–H and O–H groups in total. The summed E-state index contributed by atoms with van der Waals surface area (Å²) in [6.45, 7) is 3.73. The van der Waals surface area contributed by atoms with E-state index in [1.165, 1.54) is 24.3 Å². The predicted octanol–water partition coefficient (Wildman–Crippen LogP) is 1.99. The monoisotopic (exact) mass is 330 g/mol. The molecule has 6 nitrogen and oxygen atoms in total. The van der Waals surface area contributed by atoms with Crippen LogP contribution in [0.25, 0.3) is 0 Å². The third-order valence-corrected chi connectivity index (χ3v) is 5.16. The smallest absolute Gasteiger partial charge is 0.261 e. The van der Waals surface area contributed by atoms with Crippen molar-refractivity contribution < 1.29 is 18.0 Å². The third-order valence-electron chi connectivity index (χ3n) is 3.78. The molecule has 0 spiro atoms. The minimum atomic E-state index is -3.77. The van der Waals surface area contributed by atoms with E-state index in [4.69, 9.17) is 0 Å².